The number of hydrogen-bond donors (Lipinski definition) is 0. The van der Waals surface area contributed by atoms with E-state index in [4.69, 9.17) is 0 Å². The fourth-order valence-corrected chi connectivity index (χ4v) is 2.83. The van der Waals surface area contributed by atoms with Gasteiger partial charge in [-0.3, -0.25) is 4.79 Å². The van der Waals surface area contributed by atoms with Crippen LogP contribution in [-0.4, -0.2) is 23.4 Å². The highest BCUT2D eigenvalue weighted by atomic mass is 16.2. The van der Waals surface area contributed by atoms with Gasteiger partial charge >= 0.3 is 0 Å². The Morgan fingerprint density at radius 1 is 1.11 bits per heavy atom. The number of amides is 1. The quantitative estimate of drug-likeness (QED) is 0.693. The van der Waals surface area contributed by atoms with Gasteiger partial charge in [-0.25, -0.2) is 0 Å². The molecule has 2 heteroatoms. The van der Waals surface area contributed by atoms with E-state index in [0.29, 0.717) is 23.8 Å². The average molecular weight is 253 g/mol. The maximum absolute atomic E-state index is 12.6. The molecule has 0 aliphatic carbocycles. The molecule has 2 atom stereocenters. The van der Waals surface area contributed by atoms with Crippen molar-refractivity contribution in [3.8, 4) is 0 Å². The molecule has 0 spiro atoms. The lowest BCUT2D eigenvalue weighted by atomic mass is 9.81. The van der Waals surface area contributed by atoms with Crippen LogP contribution in [0.15, 0.2) is 0 Å². The standard InChI is InChI=1S/C16H31NO/c1-11(2)12-9-13(15(3,4)5)17(10-12)14(18)16(6,7)8/h11-13H,9-10H2,1-8H3/t12?,13-/m0/s1. The van der Waals surface area contributed by atoms with E-state index in [9.17, 15) is 4.79 Å². The number of carbonyl (C=O) groups excluding carboxylic acids is 1. The van der Waals surface area contributed by atoms with Crippen LogP contribution in [0.5, 0.6) is 0 Å². The van der Waals surface area contributed by atoms with Gasteiger partial charge in [0.1, 0.15) is 0 Å². The Balaban J connectivity index is 2.97. The van der Waals surface area contributed by atoms with Crippen LogP contribution in [0.3, 0.4) is 0 Å². The lowest BCUT2D eigenvalue weighted by molar-refractivity contribution is -0.142. The van der Waals surface area contributed by atoms with Crippen molar-refractivity contribution in [3.05, 3.63) is 0 Å². The predicted octanol–water partition coefficient (Wildman–Crippen LogP) is 3.95. The maximum Gasteiger partial charge on any atom is 0.228 e. The van der Waals surface area contributed by atoms with Crippen molar-refractivity contribution in [2.45, 2.75) is 67.9 Å². The summed E-state index contributed by atoms with van der Waals surface area (Å²) in [5.74, 6) is 1.62. The summed E-state index contributed by atoms with van der Waals surface area (Å²) in [5.41, 5.74) is -0.0973. The van der Waals surface area contributed by atoms with Gasteiger partial charge in [0.2, 0.25) is 5.91 Å². The summed E-state index contributed by atoms with van der Waals surface area (Å²) in [4.78, 5) is 14.8. The molecule has 1 fully saturated rings. The van der Waals surface area contributed by atoms with E-state index < -0.39 is 0 Å². The lowest BCUT2D eigenvalue weighted by Crippen LogP contribution is -2.47. The van der Waals surface area contributed by atoms with Crippen LogP contribution in [0.25, 0.3) is 0 Å². The van der Waals surface area contributed by atoms with Gasteiger partial charge in [-0.2, -0.15) is 0 Å². The second-order valence-electron chi connectivity index (χ2n) is 8.33. The predicted molar refractivity (Wildman–Crippen MR) is 77.4 cm³/mol. The minimum absolute atomic E-state index is 0.171. The minimum atomic E-state index is -0.268. The second kappa shape index (κ2) is 4.86. The normalized spacial score (nSPS) is 25.9. The molecule has 0 radical (unpaired) electrons. The molecule has 0 aromatic rings. The van der Waals surface area contributed by atoms with Crippen molar-refractivity contribution < 1.29 is 4.79 Å². The summed E-state index contributed by atoms with van der Waals surface area (Å²) < 4.78 is 0. The third-order valence-electron chi connectivity index (χ3n) is 4.18. The Labute approximate surface area is 113 Å². The van der Waals surface area contributed by atoms with E-state index in [1.54, 1.807) is 0 Å². The van der Waals surface area contributed by atoms with E-state index in [2.05, 4.69) is 39.5 Å². The van der Waals surface area contributed by atoms with Crippen molar-refractivity contribution in [1.82, 2.24) is 4.90 Å². The molecule has 0 saturated carbocycles. The largest absolute Gasteiger partial charge is 0.338 e. The topological polar surface area (TPSA) is 20.3 Å². The molecule has 1 aliphatic rings. The van der Waals surface area contributed by atoms with E-state index in [1.807, 2.05) is 20.8 Å². The summed E-state index contributed by atoms with van der Waals surface area (Å²) in [6, 6.07) is 0.386. The molecular weight excluding hydrogens is 222 g/mol. The van der Waals surface area contributed by atoms with Gasteiger partial charge in [-0.05, 0) is 23.7 Å². The third-order valence-corrected chi connectivity index (χ3v) is 4.18. The molecule has 1 aliphatic heterocycles. The maximum atomic E-state index is 12.6. The zero-order valence-corrected chi connectivity index (χ0v) is 13.5. The molecule has 1 rings (SSSR count). The van der Waals surface area contributed by atoms with E-state index >= 15 is 0 Å². The molecule has 18 heavy (non-hydrogen) atoms. The number of carbonyl (C=O) groups is 1. The van der Waals surface area contributed by atoms with Crippen LogP contribution in [0.4, 0.5) is 0 Å². The van der Waals surface area contributed by atoms with Crippen molar-refractivity contribution in [3.63, 3.8) is 0 Å². The van der Waals surface area contributed by atoms with Gasteiger partial charge in [-0.15, -0.1) is 0 Å². The van der Waals surface area contributed by atoms with Crippen LogP contribution in [0, 0.1) is 22.7 Å². The molecule has 0 bridgehead atoms. The van der Waals surface area contributed by atoms with Crippen molar-refractivity contribution in [1.29, 1.82) is 0 Å². The van der Waals surface area contributed by atoms with Crippen LogP contribution >= 0.6 is 0 Å². The molecule has 2 nitrogen and oxygen atoms in total. The number of nitrogens with zero attached hydrogens (tertiary/aromatic N) is 1. The van der Waals surface area contributed by atoms with E-state index in [1.165, 1.54) is 0 Å². The van der Waals surface area contributed by atoms with Gasteiger partial charge in [0.05, 0.1) is 0 Å². The zero-order valence-electron chi connectivity index (χ0n) is 13.5. The fraction of sp³-hybridized carbons (Fsp3) is 0.938. The number of likely N-dealkylation sites (tertiary alicyclic amines) is 1. The van der Waals surface area contributed by atoms with Crippen LogP contribution in [0.2, 0.25) is 0 Å². The van der Waals surface area contributed by atoms with Gasteiger partial charge in [0.15, 0.2) is 0 Å². The number of rotatable bonds is 1. The highest BCUT2D eigenvalue weighted by Gasteiger charge is 2.44. The first kappa shape index (κ1) is 15.5. The summed E-state index contributed by atoms with van der Waals surface area (Å²) in [7, 11) is 0. The molecule has 1 saturated heterocycles. The Morgan fingerprint density at radius 2 is 1.61 bits per heavy atom. The van der Waals surface area contributed by atoms with E-state index in [-0.39, 0.29) is 10.8 Å². The fourth-order valence-electron chi connectivity index (χ4n) is 2.83. The summed E-state index contributed by atoms with van der Waals surface area (Å²) in [6.45, 7) is 18.3. The Hall–Kier alpha value is -0.530. The number of hydrogen-bond acceptors (Lipinski definition) is 1. The first-order valence-electron chi connectivity index (χ1n) is 7.25. The zero-order chi connectivity index (χ0) is 14.3. The molecule has 1 heterocycles. The van der Waals surface area contributed by atoms with Gasteiger partial charge in [0, 0.05) is 18.0 Å². The molecule has 0 N–H and O–H groups in total. The van der Waals surface area contributed by atoms with Gasteiger partial charge in [-0.1, -0.05) is 55.4 Å². The summed E-state index contributed by atoms with van der Waals surface area (Å²) in [6.07, 6.45) is 1.16. The van der Waals surface area contributed by atoms with Gasteiger partial charge in [0.25, 0.3) is 0 Å². The summed E-state index contributed by atoms with van der Waals surface area (Å²) in [5, 5.41) is 0. The molecule has 106 valence electrons. The SMILES string of the molecule is CC(C)C1C[C@@H](C(C)(C)C)N(C(=O)C(C)(C)C)C1. The van der Waals surface area contributed by atoms with Crippen LogP contribution in [-0.2, 0) is 4.79 Å². The monoisotopic (exact) mass is 253 g/mol. The van der Waals surface area contributed by atoms with Crippen molar-refractivity contribution in [2.75, 3.05) is 6.54 Å². The first-order chi connectivity index (χ1) is 7.94. The van der Waals surface area contributed by atoms with Crippen molar-refractivity contribution >= 4 is 5.91 Å². The second-order valence-corrected chi connectivity index (χ2v) is 8.33. The highest BCUT2D eigenvalue weighted by Crippen LogP contribution is 2.40. The molecular formula is C16H31NO. The highest BCUT2D eigenvalue weighted by molar-refractivity contribution is 5.82. The Morgan fingerprint density at radius 3 is 1.94 bits per heavy atom. The Kier molecular flexibility index (Phi) is 4.19. The average Bonchev–Trinajstić information content (AvgIpc) is 2.58. The molecule has 1 unspecified atom stereocenters. The Bertz CT molecular complexity index is 306. The summed E-state index contributed by atoms with van der Waals surface area (Å²) >= 11 is 0. The van der Waals surface area contributed by atoms with Gasteiger partial charge < -0.3 is 4.90 Å². The van der Waals surface area contributed by atoms with Crippen LogP contribution < -0.4 is 0 Å². The molecule has 0 aromatic carbocycles. The van der Waals surface area contributed by atoms with Crippen LogP contribution in [0.1, 0.15) is 61.8 Å². The smallest absolute Gasteiger partial charge is 0.228 e. The third kappa shape index (κ3) is 3.27. The molecule has 0 aromatic heterocycles. The molecule has 1 amide bonds. The van der Waals surface area contributed by atoms with Crippen molar-refractivity contribution in [2.24, 2.45) is 22.7 Å². The van der Waals surface area contributed by atoms with E-state index in [0.717, 1.165) is 13.0 Å². The lowest BCUT2D eigenvalue weighted by Gasteiger charge is -2.38. The first-order valence-corrected chi connectivity index (χ1v) is 7.25. The minimum Gasteiger partial charge on any atom is -0.338 e.